The number of nitrogens with zero attached hydrogens (tertiary/aromatic N) is 1. The molecule has 9 heteroatoms. The molecule has 0 bridgehead atoms. The molecule has 3 amide bonds. The van der Waals surface area contributed by atoms with Crippen molar-refractivity contribution in [2.24, 2.45) is 0 Å². The minimum absolute atomic E-state index is 0.144. The summed E-state index contributed by atoms with van der Waals surface area (Å²) in [7, 11) is 1.15. The number of nitrogens with one attached hydrogen (secondary N) is 3. The van der Waals surface area contributed by atoms with Crippen LogP contribution >= 0.6 is 0 Å². The van der Waals surface area contributed by atoms with Crippen LogP contribution < -0.4 is 16.0 Å². The highest BCUT2D eigenvalue weighted by Crippen LogP contribution is 2.24. The normalized spacial score (nSPS) is 16.9. The van der Waals surface area contributed by atoms with E-state index in [0.29, 0.717) is 6.54 Å². The van der Waals surface area contributed by atoms with Crippen LogP contribution in [0.4, 0.5) is 20.6 Å². The summed E-state index contributed by atoms with van der Waals surface area (Å²) in [5.41, 5.74) is 1.19. The molecular formula is C22H25FN4O4. The SMILES string of the molecule is COC(=O)Nc1cc(NC(=O)C(=O)NC2CCN(C(C)c3ccccc3)C2)ccc1F. The molecule has 2 aromatic carbocycles. The van der Waals surface area contributed by atoms with Gasteiger partial charge in [0.2, 0.25) is 0 Å². The van der Waals surface area contributed by atoms with Gasteiger partial charge in [-0.1, -0.05) is 30.3 Å². The van der Waals surface area contributed by atoms with Gasteiger partial charge < -0.3 is 15.4 Å². The van der Waals surface area contributed by atoms with Crippen LogP contribution in [-0.2, 0) is 14.3 Å². The van der Waals surface area contributed by atoms with E-state index >= 15 is 0 Å². The molecule has 1 fully saturated rings. The lowest BCUT2D eigenvalue weighted by atomic mass is 10.1. The number of carbonyl (C=O) groups excluding carboxylic acids is 3. The fourth-order valence-electron chi connectivity index (χ4n) is 3.50. The lowest BCUT2D eigenvalue weighted by Crippen LogP contribution is -2.43. The lowest BCUT2D eigenvalue weighted by molar-refractivity contribution is -0.136. The molecule has 164 valence electrons. The average Bonchev–Trinajstić information content (AvgIpc) is 3.24. The largest absolute Gasteiger partial charge is 0.453 e. The van der Waals surface area contributed by atoms with Gasteiger partial charge >= 0.3 is 17.9 Å². The van der Waals surface area contributed by atoms with E-state index in [-0.39, 0.29) is 23.5 Å². The van der Waals surface area contributed by atoms with E-state index in [1.54, 1.807) is 0 Å². The van der Waals surface area contributed by atoms with E-state index in [9.17, 15) is 18.8 Å². The molecule has 2 unspecified atom stereocenters. The molecule has 0 radical (unpaired) electrons. The molecule has 0 aromatic heterocycles. The third-order valence-corrected chi connectivity index (χ3v) is 5.24. The number of halogens is 1. The van der Waals surface area contributed by atoms with Gasteiger partial charge in [-0.2, -0.15) is 0 Å². The van der Waals surface area contributed by atoms with Crippen LogP contribution in [0.15, 0.2) is 48.5 Å². The first-order valence-electron chi connectivity index (χ1n) is 9.92. The van der Waals surface area contributed by atoms with Crippen molar-refractivity contribution in [1.29, 1.82) is 0 Å². The number of methoxy groups -OCH3 is 1. The van der Waals surface area contributed by atoms with Crippen molar-refractivity contribution in [3.05, 3.63) is 59.9 Å². The number of likely N-dealkylation sites (tertiary alicyclic amines) is 1. The van der Waals surface area contributed by atoms with Crippen molar-refractivity contribution >= 4 is 29.3 Å². The van der Waals surface area contributed by atoms with Gasteiger partial charge in [0.1, 0.15) is 5.82 Å². The summed E-state index contributed by atoms with van der Waals surface area (Å²) in [6, 6.07) is 13.7. The van der Waals surface area contributed by atoms with Crippen LogP contribution in [0.25, 0.3) is 0 Å². The number of hydrogen-bond acceptors (Lipinski definition) is 5. The van der Waals surface area contributed by atoms with Gasteiger partial charge in [0.15, 0.2) is 0 Å². The summed E-state index contributed by atoms with van der Waals surface area (Å²) in [5.74, 6) is -2.34. The second kappa shape index (κ2) is 10.0. The van der Waals surface area contributed by atoms with Gasteiger partial charge in [0, 0.05) is 30.9 Å². The Labute approximate surface area is 179 Å². The Morgan fingerprint density at radius 1 is 1.10 bits per heavy atom. The van der Waals surface area contributed by atoms with Gasteiger partial charge in [-0.05, 0) is 37.1 Å². The second-order valence-corrected chi connectivity index (χ2v) is 7.31. The molecule has 8 nitrogen and oxygen atoms in total. The molecule has 2 aromatic rings. The van der Waals surface area contributed by atoms with Crippen LogP contribution in [-0.4, -0.2) is 49.0 Å². The van der Waals surface area contributed by atoms with Crippen LogP contribution in [0.2, 0.25) is 0 Å². The Kier molecular flexibility index (Phi) is 7.19. The number of ether oxygens (including phenoxy) is 1. The molecule has 1 saturated heterocycles. The topological polar surface area (TPSA) is 99.8 Å². The van der Waals surface area contributed by atoms with Crippen molar-refractivity contribution in [1.82, 2.24) is 10.2 Å². The van der Waals surface area contributed by atoms with E-state index in [0.717, 1.165) is 26.1 Å². The number of hydrogen-bond donors (Lipinski definition) is 3. The Morgan fingerprint density at radius 3 is 2.55 bits per heavy atom. The van der Waals surface area contributed by atoms with Crippen LogP contribution in [0.5, 0.6) is 0 Å². The third-order valence-electron chi connectivity index (χ3n) is 5.24. The minimum Gasteiger partial charge on any atom is -0.453 e. The van der Waals surface area contributed by atoms with E-state index in [4.69, 9.17) is 0 Å². The summed E-state index contributed by atoms with van der Waals surface area (Å²) >= 11 is 0. The first kappa shape index (κ1) is 22.2. The first-order chi connectivity index (χ1) is 14.9. The van der Waals surface area contributed by atoms with Crippen LogP contribution in [0.1, 0.15) is 24.9 Å². The summed E-state index contributed by atoms with van der Waals surface area (Å²) in [5, 5.41) is 7.35. The molecule has 3 N–H and O–H groups in total. The summed E-state index contributed by atoms with van der Waals surface area (Å²) in [6.07, 6.45) is -0.115. The zero-order valence-electron chi connectivity index (χ0n) is 17.4. The van der Waals surface area contributed by atoms with Crippen molar-refractivity contribution < 1.29 is 23.5 Å². The predicted octanol–water partition coefficient (Wildman–Crippen LogP) is 2.89. The molecule has 1 heterocycles. The van der Waals surface area contributed by atoms with Crippen molar-refractivity contribution in [2.75, 3.05) is 30.8 Å². The van der Waals surface area contributed by atoms with Gasteiger partial charge in [0.25, 0.3) is 0 Å². The Hall–Kier alpha value is -3.46. The Bertz CT molecular complexity index is 954. The van der Waals surface area contributed by atoms with Crippen molar-refractivity contribution in [3.63, 3.8) is 0 Å². The zero-order chi connectivity index (χ0) is 22.4. The van der Waals surface area contributed by atoms with E-state index in [1.807, 2.05) is 18.2 Å². The van der Waals surface area contributed by atoms with E-state index in [1.165, 1.54) is 17.7 Å². The number of rotatable bonds is 5. The minimum atomic E-state index is -0.870. The highest BCUT2D eigenvalue weighted by atomic mass is 19.1. The summed E-state index contributed by atoms with van der Waals surface area (Å²) < 4.78 is 18.2. The maximum absolute atomic E-state index is 13.8. The quantitative estimate of drug-likeness (QED) is 0.636. The molecule has 2 atom stereocenters. The van der Waals surface area contributed by atoms with Gasteiger partial charge in [-0.25, -0.2) is 9.18 Å². The summed E-state index contributed by atoms with van der Waals surface area (Å²) in [4.78, 5) is 38.1. The highest BCUT2D eigenvalue weighted by molar-refractivity contribution is 6.39. The van der Waals surface area contributed by atoms with Crippen LogP contribution in [0, 0.1) is 5.82 Å². The summed E-state index contributed by atoms with van der Waals surface area (Å²) in [6.45, 7) is 3.56. The molecular weight excluding hydrogens is 403 g/mol. The number of amides is 3. The van der Waals surface area contributed by atoms with Crippen molar-refractivity contribution in [3.8, 4) is 0 Å². The molecule has 1 aliphatic rings. The van der Waals surface area contributed by atoms with Crippen LogP contribution in [0.3, 0.4) is 0 Å². The lowest BCUT2D eigenvalue weighted by Gasteiger charge is -2.24. The van der Waals surface area contributed by atoms with E-state index < -0.39 is 23.7 Å². The van der Waals surface area contributed by atoms with Gasteiger partial charge in [-0.3, -0.25) is 19.8 Å². The maximum Gasteiger partial charge on any atom is 0.411 e. The van der Waals surface area contributed by atoms with Crippen molar-refractivity contribution in [2.45, 2.75) is 25.4 Å². The number of carbonyl (C=O) groups is 3. The third kappa shape index (κ3) is 5.79. The molecule has 31 heavy (non-hydrogen) atoms. The molecule has 0 spiro atoms. The van der Waals surface area contributed by atoms with Gasteiger partial charge in [0.05, 0.1) is 12.8 Å². The second-order valence-electron chi connectivity index (χ2n) is 7.31. The number of anilines is 2. The molecule has 1 aliphatic heterocycles. The molecule has 0 aliphatic carbocycles. The average molecular weight is 428 g/mol. The predicted molar refractivity (Wildman–Crippen MR) is 114 cm³/mol. The standard InChI is InChI=1S/C22H25FN4O4/c1-14(15-6-4-3-5-7-15)27-11-10-17(13-27)25-21(29)20(28)24-16-8-9-18(23)19(12-16)26-22(30)31-2/h3-9,12,14,17H,10-11,13H2,1-2H3,(H,24,28)(H,25,29)(H,26,30). The highest BCUT2D eigenvalue weighted by Gasteiger charge is 2.29. The van der Waals surface area contributed by atoms with Gasteiger partial charge in [-0.15, -0.1) is 0 Å². The zero-order valence-corrected chi connectivity index (χ0v) is 17.4. The van der Waals surface area contributed by atoms with E-state index in [2.05, 4.69) is 44.6 Å². The smallest absolute Gasteiger partial charge is 0.411 e. The first-order valence-corrected chi connectivity index (χ1v) is 9.92. The molecule has 0 saturated carbocycles. The fourth-order valence-corrected chi connectivity index (χ4v) is 3.50. The Morgan fingerprint density at radius 2 is 1.84 bits per heavy atom. The Balaban J connectivity index is 1.54. The molecule has 3 rings (SSSR count). The monoisotopic (exact) mass is 428 g/mol. The number of benzene rings is 2. The fraction of sp³-hybridized carbons (Fsp3) is 0.318. The maximum atomic E-state index is 13.8.